The van der Waals surface area contributed by atoms with Gasteiger partial charge in [0.05, 0.1) is 6.10 Å². The number of benzene rings is 2. The number of hydrogen-bond acceptors (Lipinski definition) is 3. The van der Waals surface area contributed by atoms with Crippen LogP contribution in [-0.4, -0.2) is 18.2 Å². The molecule has 0 heterocycles. The third-order valence-electron chi connectivity index (χ3n) is 3.46. The fourth-order valence-electron chi connectivity index (χ4n) is 2.17. The van der Waals surface area contributed by atoms with E-state index >= 15 is 0 Å². The minimum atomic E-state index is -0.417. The van der Waals surface area contributed by atoms with Gasteiger partial charge in [-0.25, -0.2) is 0 Å². The summed E-state index contributed by atoms with van der Waals surface area (Å²) in [7, 11) is 0. The predicted molar refractivity (Wildman–Crippen MR) is 89.7 cm³/mol. The van der Waals surface area contributed by atoms with Gasteiger partial charge < -0.3 is 10.4 Å². The van der Waals surface area contributed by atoms with Crippen molar-refractivity contribution in [2.45, 2.75) is 29.7 Å². The third kappa shape index (κ3) is 4.88. The Labute approximate surface area is 131 Å². The molecule has 2 atom stereocenters. The third-order valence-corrected chi connectivity index (χ3v) is 4.47. The highest BCUT2D eigenvalue weighted by Gasteiger charge is 2.15. The normalized spacial score (nSPS) is 13.9. The molecule has 2 aromatic carbocycles. The van der Waals surface area contributed by atoms with Crippen molar-refractivity contribution in [3.63, 3.8) is 0 Å². The molecule has 2 aromatic rings. The maximum absolute atomic E-state index is 10.3. The van der Waals surface area contributed by atoms with Gasteiger partial charge >= 0.3 is 0 Å². The first kappa shape index (κ1) is 16.1. The second-order valence-electron chi connectivity index (χ2n) is 5.21. The van der Waals surface area contributed by atoms with E-state index in [0.29, 0.717) is 0 Å². The van der Waals surface area contributed by atoms with E-state index < -0.39 is 6.10 Å². The van der Waals surface area contributed by atoms with Crippen LogP contribution in [0.25, 0.3) is 0 Å². The second kappa shape index (κ2) is 8.23. The maximum atomic E-state index is 10.3. The molecule has 0 spiro atoms. The number of aliphatic hydroxyl groups excluding tert-OH is 1. The summed E-state index contributed by atoms with van der Waals surface area (Å²) in [6.07, 6.45) is -0.417. The molecule has 2 nitrogen and oxygen atoms in total. The van der Waals surface area contributed by atoms with Crippen LogP contribution in [0, 0.1) is 5.92 Å². The Bertz CT molecular complexity index is 527. The van der Waals surface area contributed by atoms with Gasteiger partial charge in [-0.2, -0.15) is 0 Å². The highest BCUT2D eigenvalue weighted by molar-refractivity contribution is 7.99. The molecule has 0 saturated heterocycles. The lowest BCUT2D eigenvalue weighted by molar-refractivity contribution is 0.117. The van der Waals surface area contributed by atoms with Crippen LogP contribution in [0.5, 0.6) is 0 Å². The van der Waals surface area contributed by atoms with Crippen molar-refractivity contribution in [3.05, 3.63) is 60.2 Å². The van der Waals surface area contributed by atoms with Gasteiger partial charge in [-0.3, -0.25) is 0 Å². The molecule has 0 amide bonds. The standard InChI is InChI=1S/C18H23NOS/c1-3-19-13-14(2)18(20)15-9-11-17(12-10-15)21-16-7-5-4-6-8-16/h4-12,14,18-20H,3,13H2,1-2H3. The molecule has 3 heteroatoms. The Morgan fingerprint density at radius 2 is 1.62 bits per heavy atom. The minimum absolute atomic E-state index is 0.206. The van der Waals surface area contributed by atoms with Crippen molar-refractivity contribution in [2.24, 2.45) is 5.92 Å². The van der Waals surface area contributed by atoms with E-state index in [1.165, 1.54) is 9.79 Å². The first-order chi connectivity index (χ1) is 10.2. The van der Waals surface area contributed by atoms with Gasteiger partial charge in [0, 0.05) is 16.3 Å². The summed E-state index contributed by atoms with van der Waals surface area (Å²) in [4.78, 5) is 2.42. The SMILES string of the molecule is CCNCC(C)C(O)c1ccc(Sc2ccccc2)cc1. The lowest BCUT2D eigenvalue weighted by atomic mass is 9.97. The van der Waals surface area contributed by atoms with Gasteiger partial charge in [0.1, 0.15) is 0 Å². The van der Waals surface area contributed by atoms with Gasteiger partial charge in [0.25, 0.3) is 0 Å². The molecule has 21 heavy (non-hydrogen) atoms. The summed E-state index contributed by atoms with van der Waals surface area (Å²) < 4.78 is 0. The van der Waals surface area contributed by atoms with Crippen molar-refractivity contribution in [1.29, 1.82) is 0 Å². The second-order valence-corrected chi connectivity index (χ2v) is 6.36. The topological polar surface area (TPSA) is 32.3 Å². The molecule has 0 radical (unpaired) electrons. The van der Waals surface area contributed by atoms with Gasteiger partial charge in [0.15, 0.2) is 0 Å². The molecule has 0 fully saturated rings. The summed E-state index contributed by atoms with van der Waals surface area (Å²) in [5.74, 6) is 0.206. The van der Waals surface area contributed by atoms with Crippen LogP contribution in [0.4, 0.5) is 0 Å². The van der Waals surface area contributed by atoms with Crippen LogP contribution in [0.2, 0.25) is 0 Å². The Morgan fingerprint density at radius 1 is 1.00 bits per heavy atom. The van der Waals surface area contributed by atoms with Gasteiger partial charge in [-0.15, -0.1) is 0 Å². The molecule has 112 valence electrons. The monoisotopic (exact) mass is 301 g/mol. The van der Waals surface area contributed by atoms with E-state index in [0.717, 1.165) is 18.7 Å². The zero-order valence-corrected chi connectivity index (χ0v) is 13.4. The number of nitrogens with one attached hydrogen (secondary N) is 1. The van der Waals surface area contributed by atoms with Gasteiger partial charge in [-0.05, 0) is 42.3 Å². The highest BCUT2D eigenvalue weighted by Crippen LogP contribution is 2.29. The zero-order chi connectivity index (χ0) is 15.1. The Hall–Kier alpha value is -1.29. The lowest BCUT2D eigenvalue weighted by Crippen LogP contribution is -2.25. The van der Waals surface area contributed by atoms with Crippen molar-refractivity contribution >= 4 is 11.8 Å². The zero-order valence-electron chi connectivity index (χ0n) is 12.6. The van der Waals surface area contributed by atoms with Crippen LogP contribution in [-0.2, 0) is 0 Å². The highest BCUT2D eigenvalue weighted by atomic mass is 32.2. The predicted octanol–water partition coefficient (Wildman–Crippen LogP) is 4.12. The summed E-state index contributed by atoms with van der Waals surface area (Å²) in [6.45, 7) is 5.91. The first-order valence-electron chi connectivity index (χ1n) is 7.42. The largest absolute Gasteiger partial charge is 0.388 e. The maximum Gasteiger partial charge on any atom is 0.0827 e. The van der Waals surface area contributed by atoms with E-state index in [4.69, 9.17) is 0 Å². The molecular weight excluding hydrogens is 278 g/mol. The average molecular weight is 301 g/mol. The molecule has 2 rings (SSSR count). The van der Waals surface area contributed by atoms with Gasteiger partial charge in [0.2, 0.25) is 0 Å². The fourth-order valence-corrected chi connectivity index (χ4v) is 3.01. The molecular formula is C18H23NOS. The molecule has 0 aliphatic heterocycles. The van der Waals surface area contributed by atoms with Gasteiger partial charge in [-0.1, -0.05) is 55.9 Å². The molecule has 0 aromatic heterocycles. The lowest BCUT2D eigenvalue weighted by Gasteiger charge is -2.19. The fraction of sp³-hybridized carbons (Fsp3) is 0.333. The molecule has 2 N–H and O–H groups in total. The first-order valence-corrected chi connectivity index (χ1v) is 8.24. The van der Waals surface area contributed by atoms with Crippen molar-refractivity contribution < 1.29 is 5.11 Å². The van der Waals surface area contributed by atoms with Crippen LogP contribution >= 0.6 is 11.8 Å². The average Bonchev–Trinajstić information content (AvgIpc) is 2.53. The summed E-state index contributed by atoms with van der Waals surface area (Å²) >= 11 is 1.74. The van der Waals surface area contributed by atoms with Crippen molar-refractivity contribution in [1.82, 2.24) is 5.32 Å². The summed E-state index contributed by atoms with van der Waals surface area (Å²) in [5.41, 5.74) is 0.984. The van der Waals surface area contributed by atoms with E-state index in [9.17, 15) is 5.11 Å². The van der Waals surface area contributed by atoms with E-state index in [2.05, 4.69) is 43.4 Å². The van der Waals surface area contributed by atoms with Crippen LogP contribution in [0.1, 0.15) is 25.5 Å². The summed E-state index contributed by atoms with van der Waals surface area (Å²) in [5, 5.41) is 13.6. The Balaban J connectivity index is 1.98. The van der Waals surface area contributed by atoms with Crippen molar-refractivity contribution in [2.75, 3.05) is 13.1 Å². The Morgan fingerprint density at radius 3 is 2.24 bits per heavy atom. The number of hydrogen-bond donors (Lipinski definition) is 2. The quantitative estimate of drug-likeness (QED) is 0.807. The smallest absolute Gasteiger partial charge is 0.0827 e. The number of rotatable bonds is 7. The van der Waals surface area contributed by atoms with E-state index in [1.54, 1.807) is 11.8 Å². The molecule has 0 bridgehead atoms. The van der Waals surface area contributed by atoms with Crippen molar-refractivity contribution in [3.8, 4) is 0 Å². The molecule has 0 saturated carbocycles. The van der Waals surface area contributed by atoms with Crippen LogP contribution in [0.3, 0.4) is 0 Å². The Kier molecular flexibility index (Phi) is 6.30. The van der Waals surface area contributed by atoms with E-state index in [1.807, 2.05) is 30.3 Å². The van der Waals surface area contributed by atoms with Crippen LogP contribution in [0.15, 0.2) is 64.4 Å². The summed E-state index contributed by atoms with van der Waals surface area (Å²) in [6, 6.07) is 18.5. The van der Waals surface area contributed by atoms with Crippen LogP contribution < -0.4 is 5.32 Å². The van der Waals surface area contributed by atoms with E-state index in [-0.39, 0.29) is 5.92 Å². The molecule has 0 aliphatic carbocycles. The molecule has 2 unspecified atom stereocenters. The molecule has 0 aliphatic rings. The minimum Gasteiger partial charge on any atom is -0.388 e. The number of aliphatic hydroxyl groups is 1.